The molecule has 1 aliphatic heterocycles. The fourth-order valence-electron chi connectivity index (χ4n) is 2.75. The maximum atomic E-state index is 5.84. The molecule has 3 heterocycles. The minimum atomic E-state index is 0.250. The van der Waals surface area contributed by atoms with E-state index in [0.717, 1.165) is 55.6 Å². The van der Waals surface area contributed by atoms with Gasteiger partial charge in [-0.05, 0) is 32.5 Å². The van der Waals surface area contributed by atoms with Crippen molar-refractivity contribution in [1.29, 1.82) is 0 Å². The summed E-state index contributed by atoms with van der Waals surface area (Å²) in [5.74, 6) is 3.27. The first-order chi connectivity index (χ1) is 10.7. The molecule has 2 aromatic heterocycles. The summed E-state index contributed by atoms with van der Waals surface area (Å²) in [6.45, 7) is 10.5. The second kappa shape index (κ2) is 6.62. The molecule has 1 atom stereocenters. The van der Waals surface area contributed by atoms with Crippen molar-refractivity contribution in [2.24, 2.45) is 0 Å². The number of aryl methyl sites for hydroxylation is 1. The van der Waals surface area contributed by atoms with Crippen molar-refractivity contribution in [2.45, 2.75) is 39.7 Å². The molecule has 120 valence electrons. The molecule has 6 heteroatoms. The lowest BCUT2D eigenvalue weighted by atomic mass is 10.1. The molecule has 6 nitrogen and oxygen atoms in total. The van der Waals surface area contributed by atoms with Gasteiger partial charge in [0.1, 0.15) is 11.5 Å². The molecule has 1 aliphatic rings. The zero-order valence-electron chi connectivity index (χ0n) is 13.5. The average molecular weight is 305 g/mol. The molecule has 2 aromatic rings. The Morgan fingerprint density at radius 3 is 2.82 bits per heavy atom. The van der Waals surface area contributed by atoms with Gasteiger partial charge in [-0.2, -0.15) is 4.98 Å². The Hall–Kier alpha value is -1.66. The van der Waals surface area contributed by atoms with Gasteiger partial charge in [0.2, 0.25) is 0 Å². The van der Waals surface area contributed by atoms with Gasteiger partial charge in [0.05, 0.1) is 18.7 Å². The maximum Gasteiger partial charge on any atom is 0.261 e. The number of hydrogen-bond acceptors (Lipinski definition) is 6. The fraction of sp³-hybridized carbons (Fsp3) is 0.625. The number of rotatable bonds is 6. The Labute approximate surface area is 130 Å². The quantitative estimate of drug-likeness (QED) is 0.817. The molecule has 1 unspecified atom stereocenters. The maximum absolute atomic E-state index is 5.84. The van der Waals surface area contributed by atoms with Gasteiger partial charge in [0.15, 0.2) is 5.82 Å². The zero-order chi connectivity index (χ0) is 15.5. The van der Waals surface area contributed by atoms with E-state index in [2.05, 4.69) is 28.9 Å². The van der Waals surface area contributed by atoms with Crippen LogP contribution < -0.4 is 0 Å². The number of furan rings is 1. The predicted octanol–water partition coefficient (Wildman–Crippen LogP) is 2.98. The van der Waals surface area contributed by atoms with Crippen molar-refractivity contribution in [3.8, 4) is 11.5 Å². The van der Waals surface area contributed by atoms with Gasteiger partial charge in [-0.1, -0.05) is 19.0 Å². The third kappa shape index (κ3) is 3.08. The van der Waals surface area contributed by atoms with Crippen molar-refractivity contribution in [3.05, 3.63) is 23.4 Å². The van der Waals surface area contributed by atoms with Crippen LogP contribution in [0.5, 0.6) is 0 Å². The van der Waals surface area contributed by atoms with Crippen LogP contribution in [-0.4, -0.2) is 41.3 Å². The topological polar surface area (TPSA) is 64.5 Å². The van der Waals surface area contributed by atoms with Crippen LogP contribution in [0.2, 0.25) is 0 Å². The summed E-state index contributed by atoms with van der Waals surface area (Å²) in [5, 5.41) is 4.10. The molecule has 0 radical (unpaired) electrons. The predicted molar refractivity (Wildman–Crippen MR) is 81.5 cm³/mol. The van der Waals surface area contributed by atoms with Crippen molar-refractivity contribution in [2.75, 3.05) is 26.3 Å². The van der Waals surface area contributed by atoms with Gasteiger partial charge in [-0.15, -0.1) is 0 Å². The van der Waals surface area contributed by atoms with Crippen LogP contribution >= 0.6 is 0 Å². The average Bonchev–Trinajstić information content (AvgIpc) is 3.24. The van der Waals surface area contributed by atoms with E-state index in [1.807, 2.05) is 13.0 Å². The van der Waals surface area contributed by atoms with Gasteiger partial charge in [0, 0.05) is 12.5 Å². The van der Waals surface area contributed by atoms with Crippen molar-refractivity contribution in [3.63, 3.8) is 0 Å². The summed E-state index contributed by atoms with van der Waals surface area (Å²) >= 11 is 0. The lowest BCUT2D eigenvalue weighted by Gasteiger charge is -2.15. The molecule has 0 spiro atoms. The van der Waals surface area contributed by atoms with Crippen LogP contribution in [0.4, 0.5) is 0 Å². The number of aromatic nitrogens is 2. The van der Waals surface area contributed by atoms with E-state index in [1.165, 1.54) is 0 Å². The molecule has 1 saturated heterocycles. The Morgan fingerprint density at radius 2 is 2.14 bits per heavy atom. The summed E-state index contributed by atoms with van der Waals surface area (Å²) in [6.07, 6.45) is 0.955. The number of hydrogen-bond donors (Lipinski definition) is 0. The third-order valence-electron chi connectivity index (χ3n) is 4.21. The lowest BCUT2D eigenvalue weighted by molar-refractivity contribution is 0.192. The van der Waals surface area contributed by atoms with Crippen molar-refractivity contribution < 1.29 is 13.7 Å². The first-order valence-electron chi connectivity index (χ1n) is 7.94. The van der Waals surface area contributed by atoms with E-state index in [4.69, 9.17) is 13.7 Å². The Balaban J connectivity index is 1.78. The smallest absolute Gasteiger partial charge is 0.261 e. The summed E-state index contributed by atoms with van der Waals surface area (Å²) in [5.41, 5.74) is 0.889. The second-order valence-electron chi connectivity index (χ2n) is 5.66. The van der Waals surface area contributed by atoms with Crippen LogP contribution in [0.3, 0.4) is 0 Å². The first-order valence-corrected chi connectivity index (χ1v) is 7.94. The lowest BCUT2D eigenvalue weighted by Crippen LogP contribution is -2.21. The molecule has 22 heavy (non-hydrogen) atoms. The van der Waals surface area contributed by atoms with E-state index < -0.39 is 0 Å². The second-order valence-corrected chi connectivity index (χ2v) is 5.66. The Morgan fingerprint density at radius 1 is 1.32 bits per heavy atom. The Bertz CT molecular complexity index is 610. The zero-order valence-corrected chi connectivity index (χ0v) is 13.5. The molecule has 0 bridgehead atoms. The molecule has 0 aromatic carbocycles. The van der Waals surface area contributed by atoms with E-state index in [1.54, 1.807) is 0 Å². The highest BCUT2D eigenvalue weighted by atomic mass is 16.5. The van der Waals surface area contributed by atoms with Crippen LogP contribution in [0.25, 0.3) is 11.5 Å². The van der Waals surface area contributed by atoms with Crippen LogP contribution in [0.1, 0.15) is 43.5 Å². The molecular weight excluding hydrogens is 282 g/mol. The van der Waals surface area contributed by atoms with Gasteiger partial charge in [-0.25, -0.2) is 0 Å². The summed E-state index contributed by atoms with van der Waals surface area (Å²) in [7, 11) is 0. The molecule has 0 saturated carbocycles. The van der Waals surface area contributed by atoms with Crippen LogP contribution in [0, 0.1) is 6.92 Å². The first kappa shape index (κ1) is 15.2. The summed E-state index contributed by atoms with van der Waals surface area (Å²) in [4.78, 5) is 6.83. The molecule has 0 aliphatic carbocycles. The molecular formula is C16H23N3O3. The number of ether oxygens (including phenoxy) is 1. The molecule has 0 N–H and O–H groups in total. The number of nitrogens with zero attached hydrogens (tertiary/aromatic N) is 3. The molecule has 3 rings (SSSR count). The van der Waals surface area contributed by atoms with Crippen molar-refractivity contribution in [1.82, 2.24) is 15.0 Å². The molecule has 0 amide bonds. The monoisotopic (exact) mass is 305 g/mol. The minimum absolute atomic E-state index is 0.250. The fourth-order valence-corrected chi connectivity index (χ4v) is 2.75. The highest BCUT2D eigenvalue weighted by Crippen LogP contribution is 2.29. The SMILES string of the molecule is CCN(CC)Cc1cc(-c2nc(C3CCOC3)no2)c(C)o1. The third-order valence-corrected chi connectivity index (χ3v) is 4.21. The van der Waals surface area contributed by atoms with Crippen LogP contribution in [-0.2, 0) is 11.3 Å². The summed E-state index contributed by atoms with van der Waals surface area (Å²) < 4.78 is 16.6. The van der Waals surface area contributed by atoms with Crippen molar-refractivity contribution >= 4 is 0 Å². The van der Waals surface area contributed by atoms with Gasteiger partial charge >= 0.3 is 0 Å². The highest BCUT2D eigenvalue weighted by molar-refractivity contribution is 5.56. The van der Waals surface area contributed by atoms with Gasteiger partial charge < -0.3 is 13.7 Å². The Kier molecular flexibility index (Phi) is 4.59. The summed E-state index contributed by atoms with van der Waals surface area (Å²) in [6, 6.07) is 2.01. The molecule has 1 fully saturated rings. The highest BCUT2D eigenvalue weighted by Gasteiger charge is 2.24. The largest absolute Gasteiger partial charge is 0.464 e. The van der Waals surface area contributed by atoms with E-state index in [-0.39, 0.29) is 5.92 Å². The van der Waals surface area contributed by atoms with Crippen LogP contribution in [0.15, 0.2) is 15.0 Å². The van der Waals surface area contributed by atoms with Gasteiger partial charge in [0.25, 0.3) is 5.89 Å². The normalized spacial score (nSPS) is 18.5. The minimum Gasteiger partial charge on any atom is -0.464 e. The van der Waals surface area contributed by atoms with E-state index >= 15 is 0 Å². The van der Waals surface area contributed by atoms with E-state index in [0.29, 0.717) is 12.5 Å². The van der Waals surface area contributed by atoms with E-state index in [9.17, 15) is 0 Å². The van der Waals surface area contributed by atoms with Gasteiger partial charge in [-0.3, -0.25) is 4.90 Å². The standard InChI is InChI=1S/C16H23N3O3/c1-4-19(5-2)9-13-8-14(11(3)21-13)16-17-15(18-22-16)12-6-7-20-10-12/h8,12H,4-7,9-10H2,1-3H3.